The number of fused-ring (bicyclic) bond motifs is 1. The molecule has 5 heteroatoms. The van der Waals surface area contributed by atoms with Gasteiger partial charge in [-0.25, -0.2) is 15.8 Å². The molecule has 0 aliphatic rings. The first-order valence-electron chi connectivity index (χ1n) is 5.94. The Morgan fingerprint density at radius 3 is 2.79 bits per heavy atom. The van der Waals surface area contributed by atoms with E-state index in [1.54, 1.807) is 12.3 Å². The van der Waals surface area contributed by atoms with Crippen LogP contribution >= 0.6 is 0 Å². The summed E-state index contributed by atoms with van der Waals surface area (Å²) in [6, 6.07) is 11.7. The van der Waals surface area contributed by atoms with Crippen LogP contribution in [0.2, 0.25) is 0 Å². The number of aryl methyl sites for hydroxylation is 1. The SMILES string of the molecule is Cc1cc(-c2nccc(NN)n2)c2ccccc2n1. The molecule has 3 N–H and O–H groups in total. The molecule has 2 aromatic heterocycles. The monoisotopic (exact) mass is 251 g/mol. The van der Waals surface area contributed by atoms with E-state index in [1.165, 1.54) is 0 Å². The van der Waals surface area contributed by atoms with E-state index in [0.717, 1.165) is 22.2 Å². The van der Waals surface area contributed by atoms with Crippen molar-refractivity contribution in [3.63, 3.8) is 0 Å². The largest absolute Gasteiger partial charge is 0.308 e. The first kappa shape index (κ1) is 11.6. The van der Waals surface area contributed by atoms with Gasteiger partial charge in [0.2, 0.25) is 0 Å². The van der Waals surface area contributed by atoms with Crippen molar-refractivity contribution in [1.29, 1.82) is 0 Å². The molecule has 0 aliphatic heterocycles. The Bertz CT molecular complexity index is 739. The molecule has 94 valence electrons. The lowest BCUT2D eigenvalue weighted by Crippen LogP contribution is -2.09. The summed E-state index contributed by atoms with van der Waals surface area (Å²) in [6.45, 7) is 1.96. The highest BCUT2D eigenvalue weighted by Crippen LogP contribution is 2.26. The van der Waals surface area contributed by atoms with Gasteiger partial charge in [0.05, 0.1) is 5.52 Å². The number of hydrazine groups is 1. The van der Waals surface area contributed by atoms with Crippen LogP contribution in [0.15, 0.2) is 42.6 Å². The molecule has 0 saturated carbocycles. The lowest BCUT2D eigenvalue weighted by Gasteiger charge is -2.07. The Balaban J connectivity index is 2.29. The molecule has 19 heavy (non-hydrogen) atoms. The van der Waals surface area contributed by atoms with E-state index in [1.807, 2.05) is 37.3 Å². The molecule has 0 bridgehead atoms. The van der Waals surface area contributed by atoms with Crippen LogP contribution in [0.25, 0.3) is 22.3 Å². The van der Waals surface area contributed by atoms with Crippen LogP contribution in [0.1, 0.15) is 5.69 Å². The number of pyridine rings is 1. The quantitative estimate of drug-likeness (QED) is 0.539. The Hall–Kier alpha value is -2.53. The van der Waals surface area contributed by atoms with Crippen LogP contribution in [-0.4, -0.2) is 15.0 Å². The van der Waals surface area contributed by atoms with E-state index in [2.05, 4.69) is 20.4 Å². The van der Waals surface area contributed by atoms with Crippen molar-refractivity contribution in [2.24, 2.45) is 5.84 Å². The van der Waals surface area contributed by atoms with Crippen molar-refractivity contribution in [3.05, 3.63) is 48.3 Å². The normalized spacial score (nSPS) is 10.6. The van der Waals surface area contributed by atoms with Gasteiger partial charge in [0.1, 0.15) is 5.82 Å². The summed E-state index contributed by atoms with van der Waals surface area (Å²) in [5.41, 5.74) is 5.36. The summed E-state index contributed by atoms with van der Waals surface area (Å²) in [4.78, 5) is 13.2. The number of hydrogen-bond donors (Lipinski definition) is 2. The van der Waals surface area contributed by atoms with Gasteiger partial charge in [-0.3, -0.25) is 4.98 Å². The van der Waals surface area contributed by atoms with Gasteiger partial charge in [0.25, 0.3) is 0 Å². The van der Waals surface area contributed by atoms with Crippen molar-refractivity contribution in [3.8, 4) is 11.4 Å². The minimum Gasteiger partial charge on any atom is -0.308 e. The summed E-state index contributed by atoms with van der Waals surface area (Å²) in [5, 5.41) is 1.03. The average molecular weight is 251 g/mol. The first-order valence-corrected chi connectivity index (χ1v) is 5.94. The number of nitrogens with one attached hydrogen (secondary N) is 1. The van der Waals surface area contributed by atoms with Gasteiger partial charge in [-0.15, -0.1) is 0 Å². The standard InChI is InChI=1S/C14H13N5/c1-9-8-11(10-4-2-3-5-12(10)17-9)14-16-7-6-13(18-14)19-15/h2-8H,15H2,1H3,(H,16,18,19). The number of nitrogens with zero attached hydrogens (tertiary/aromatic N) is 3. The number of para-hydroxylation sites is 1. The summed E-state index contributed by atoms with van der Waals surface area (Å²) in [5.74, 6) is 6.61. The van der Waals surface area contributed by atoms with Crippen LogP contribution in [0.3, 0.4) is 0 Å². The Morgan fingerprint density at radius 1 is 1.11 bits per heavy atom. The van der Waals surface area contributed by atoms with Crippen LogP contribution in [0, 0.1) is 6.92 Å². The zero-order valence-electron chi connectivity index (χ0n) is 10.5. The highest BCUT2D eigenvalue weighted by Gasteiger charge is 2.08. The number of hydrogen-bond acceptors (Lipinski definition) is 5. The third-order valence-electron chi connectivity index (χ3n) is 2.89. The number of nitrogen functional groups attached to an aromatic ring is 1. The third-order valence-corrected chi connectivity index (χ3v) is 2.89. The molecule has 0 fully saturated rings. The molecule has 1 aromatic carbocycles. The second-order valence-corrected chi connectivity index (χ2v) is 4.24. The van der Waals surface area contributed by atoms with Gasteiger partial charge in [-0.2, -0.15) is 0 Å². The van der Waals surface area contributed by atoms with Crippen molar-refractivity contribution >= 4 is 16.7 Å². The topological polar surface area (TPSA) is 76.7 Å². The van der Waals surface area contributed by atoms with Crippen molar-refractivity contribution < 1.29 is 0 Å². The number of anilines is 1. The van der Waals surface area contributed by atoms with Gasteiger partial charge >= 0.3 is 0 Å². The molecule has 0 spiro atoms. The molecule has 0 saturated heterocycles. The number of benzene rings is 1. The molecular formula is C14H13N5. The third kappa shape index (κ3) is 2.11. The summed E-state index contributed by atoms with van der Waals surface area (Å²) < 4.78 is 0. The zero-order valence-corrected chi connectivity index (χ0v) is 10.5. The second-order valence-electron chi connectivity index (χ2n) is 4.24. The fourth-order valence-electron chi connectivity index (χ4n) is 2.06. The Morgan fingerprint density at radius 2 is 1.95 bits per heavy atom. The fourth-order valence-corrected chi connectivity index (χ4v) is 2.06. The van der Waals surface area contributed by atoms with Gasteiger partial charge in [0.15, 0.2) is 5.82 Å². The smallest absolute Gasteiger partial charge is 0.162 e. The molecular weight excluding hydrogens is 238 g/mol. The van der Waals surface area contributed by atoms with Crippen molar-refractivity contribution in [1.82, 2.24) is 15.0 Å². The first-order chi connectivity index (χ1) is 9.28. The van der Waals surface area contributed by atoms with Crippen molar-refractivity contribution in [2.45, 2.75) is 6.92 Å². The van der Waals surface area contributed by atoms with Crippen LogP contribution in [-0.2, 0) is 0 Å². The van der Waals surface area contributed by atoms with Crippen LogP contribution in [0.5, 0.6) is 0 Å². The highest BCUT2D eigenvalue weighted by atomic mass is 15.3. The molecule has 0 radical (unpaired) electrons. The maximum absolute atomic E-state index is 5.39. The van der Waals surface area contributed by atoms with E-state index in [9.17, 15) is 0 Å². The van der Waals surface area contributed by atoms with Crippen LogP contribution in [0.4, 0.5) is 5.82 Å². The molecule has 5 nitrogen and oxygen atoms in total. The lowest BCUT2D eigenvalue weighted by atomic mass is 10.1. The predicted molar refractivity (Wildman–Crippen MR) is 75.3 cm³/mol. The maximum Gasteiger partial charge on any atom is 0.162 e. The molecule has 0 atom stereocenters. The molecule has 0 amide bonds. The van der Waals surface area contributed by atoms with E-state index >= 15 is 0 Å². The highest BCUT2D eigenvalue weighted by molar-refractivity contribution is 5.92. The average Bonchev–Trinajstić information content (AvgIpc) is 2.46. The predicted octanol–water partition coefficient (Wildman–Crippen LogP) is 2.29. The van der Waals surface area contributed by atoms with E-state index in [-0.39, 0.29) is 0 Å². The van der Waals surface area contributed by atoms with Gasteiger partial charge in [0, 0.05) is 28.9 Å². The zero-order chi connectivity index (χ0) is 13.2. The minimum absolute atomic E-state index is 0.587. The summed E-state index contributed by atoms with van der Waals surface area (Å²) in [7, 11) is 0. The van der Waals surface area contributed by atoms with Gasteiger partial charge in [-0.1, -0.05) is 18.2 Å². The summed E-state index contributed by atoms with van der Waals surface area (Å²) >= 11 is 0. The number of rotatable bonds is 2. The Labute approximate surface area is 110 Å². The maximum atomic E-state index is 5.39. The Kier molecular flexibility index (Phi) is 2.81. The molecule has 2 heterocycles. The lowest BCUT2D eigenvalue weighted by molar-refractivity contribution is 1.14. The fraction of sp³-hybridized carbons (Fsp3) is 0.0714. The van der Waals surface area contributed by atoms with Gasteiger partial charge in [-0.05, 0) is 19.1 Å². The molecule has 3 rings (SSSR count). The van der Waals surface area contributed by atoms with Crippen LogP contribution < -0.4 is 11.3 Å². The number of nitrogens with two attached hydrogens (primary N) is 1. The van der Waals surface area contributed by atoms with E-state index < -0.39 is 0 Å². The number of aromatic nitrogens is 3. The molecule has 0 aliphatic carbocycles. The van der Waals surface area contributed by atoms with E-state index in [4.69, 9.17) is 5.84 Å². The summed E-state index contributed by atoms with van der Waals surface area (Å²) in [6.07, 6.45) is 1.68. The van der Waals surface area contributed by atoms with Gasteiger partial charge < -0.3 is 5.43 Å². The van der Waals surface area contributed by atoms with Crippen molar-refractivity contribution in [2.75, 3.05) is 5.43 Å². The molecule has 0 unspecified atom stereocenters. The second kappa shape index (κ2) is 4.62. The van der Waals surface area contributed by atoms with E-state index in [0.29, 0.717) is 11.6 Å². The molecule has 3 aromatic rings. The minimum atomic E-state index is 0.587.